The second-order valence-corrected chi connectivity index (χ2v) is 7.47. The number of benzene rings is 2. The van der Waals surface area contributed by atoms with E-state index in [0.717, 1.165) is 49.8 Å². The van der Waals surface area contributed by atoms with Gasteiger partial charge in [-0.15, -0.1) is 0 Å². The van der Waals surface area contributed by atoms with E-state index in [1.807, 2.05) is 29.2 Å². The van der Waals surface area contributed by atoms with Crippen LogP contribution in [-0.4, -0.2) is 56.1 Å². The molecule has 2 aliphatic rings. The third-order valence-electron chi connectivity index (χ3n) is 5.69. The molecule has 1 fully saturated rings. The summed E-state index contributed by atoms with van der Waals surface area (Å²) in [5, 5.41) is 2.10. The number of amides is 1. The van der Waals surface area contributed by atoms with Gasteiger partial charge in [0.1, 0.15) is 11.9 Å². The quantitative estimate of drug-likeness (QED) is 0.762. The number of carbonyl (C=O) groups excluding carboxylic acids is 1. The maximum atomic E-state index is 12.8. The van der Waals surface area contributed by atoms with Crippen molar-refractivity contribution in [1.29, 1.82) is 0 Å². The predicted molar refractivity (Wildman–Crippen MR) is 112 cm³/mol. The van der Waals surface area contributed by atoms with Crippen molar-refractivity contribution in [2.24, 2.45) is 0 Å². The molecule has 0 bridgehead atoms. The summed E-state index contributed by atoms with van der Waals surface area (Å²) in [5.74, 6) is 1.71. The van der Waals surface area contributed by atoms with Gasteiger partial charge < -0.3 is 14.4 Å². The number of hydrogen-bond donors (Lipinski definition) is 1. The Hall–Kier alpha value is -2.83. The van der Waals surface area contributed by atoms with Gasteiger partial charge in [0, 0.05) is 49.9 Å². The summed E-state index contributed by atoms with van der Waals surface area (Å²) in [5.41, 5.74) is 4.70. The predicted octanol–water partition coefficient (Wildman–Crippen LogP) is 1.99. The molecule has 2 N–H and O–H groups in total. The molecule has 6 nitrogen and oxygen atoms in total. The third kappa shape index (κ3) is 4.28. The van der Waals surface area contributed by atoms with Crippen molar-refractivity contribution in [2.75, 3.05) is 40.4 Å². The number of para-hydroxylation sites is 1. The third-order valence-corrected chi connectivity index (χ3v) is 5.69. The standard InChI is InChI=1S/C23H27N3O3/c1-28-21-8-7-17(13-22(21)29-2)16-25-9-11-26(12-10-25)23(27)14-18-15-24-20-6-4-3-5-19(18)20/h3-8,13,15,24H,9-12,14,16H2,1-2H3/p+1. The molecule has 0 saturated carbocycles. The van der Waals surface area contributed by atoms with Gasteiger partial charge in [0.05, 0.1) is 20.6 Å². The van der Waals surface area contributed by atoms with Gasteiger partial charge in [0.2, 0.25) is 5.91 Å². The SMILES string of the molecule is COc1ccc(CN2CCN(C(=O)CC3=C[NH2+]c4ccccc43)CC2)cc1OC. The number of nitrogens with zero attached hydrogens (tertiary/aromatic N) is 2. The molecule has 0 radical (unpaired) electrons. The fourth-order valence-corrected chi connectivity index (χ4v) is 4.04. The second-order valence-electron chi connectivity index (χ2n) is 7.47. The monoisotopic (exact) mass is 394 g/mol. The van der Waals surface area contributed by atoms with Crippen molar-refractivity contribution in [2.45, 2.75) is 13.0 Å². The lowest BCUT2D eigenvalue weighted by molar-refractivity contribution is -0.491. The van der Waals surface area contributed by atoms with Crippen molar-refractivity contribution in [1.82, 2.24) is 9.80 Å². The average Bonchev–Trinajstić information content (AvgIpc) is 3.17. The van der Waals surface area contributed by atoms with Crippen molar-refractivity contribution >= 4 is 17.2 Å². The van der Waals surface area contributed by atoms with E-state index in [1.54, 1.807) is 14.2 Å². The lowest BCUT2D eigenvalue weighted by atomic mass is 10.0. The summed E-state index contributed by atoms with van der Waals surface area (Å²) >= 11 is 0. The molecule has 0 aliphatic carbocycles. The Morgan fingerprint density at radius 2 is 1.76 bits per heavy atom. The minimum atomic E-state index is 0.215. The van der Waals surface area contributed by atoms with E-state index < -0.39 is 0 Å². The first kappa shape index (κ1) is 19.5. The molecule has 2 aliphatic heterocycles. The highest BCUT2D eigenvalue weighted by atomic mass is 16.5. The van der Waals surface area contributed by atoms with Gasteiger partial charge in [-0.05, 0) is 23.8 Å². The maximum absolute atomic E-state index is 12.8. The number of piperazine rings is 1. The molecule has 2 heterocycles. The van der Waals surface area contributed by atoms with Gasteiger partial charge in [-0.3, -0.25) is 15.0 Å². The van der Waals surface area contributed by atoms with Crippen molar-refractivity contribution < 1.29 is 19.6 Å². The maximum Gasteiger partial charge on any atom is 0.227 e. The van der Waals surface area contributed by atoms with Crippen LogP contribution >= 0.6 is 0 Å². The second kappa shape index (κ2) is 8.68. The van der Waals surface area contributed by atoms with Gasteiger partial charge in [0.25, 0.3) is 0 Å². The van der Waals surface area contributed by atoms with Gasteiger partial charge in [-0.1, -0.05) is 18.2 Å². The van der Waals surface area contributed by atoms with Crippen LogP contribution in [0.15, 0.2) is 48.7 Å². The molecule has 4 rings (SSSR count). The lowest BCUT2D eigenvalue weighted by Gasteiger charge is -2.35. The number of carbonyl (C=O) groups is 1. The van der Waals surface area contributed by atoms with Crippen molar-refractivity contribution in [3.8, 4) is 11.5 Å². The number of ether oxygens (including phenoxy) is 2. The normalized spacial score (nSPS) is 16.3. The van der Waals surface area contributed by atoms with Crippen LogP contribution in [0.25, 0.3) is 5.57 Å². The Bertz CT molecular complexity index is 917. The van der Waals surface area contributed by atoms with Crippen LogP contribution in [-0.2, 0) is 11.3 Å². The first-order valence-electron chi connectivity index (χ1n) is 10.0. The summed E-state index contributed by atoms with van der Waals surface area (Å²) < 4.78 is 10.7. The van der Waals surface area contributed by atoms with E-state index in [9.17, 15) is 4.79 Å². The zero-order valence-electron chi connectivity index (χ0n) is 17.1. The van der Waals surface area contributed by atoms with Gasteiger partial charge in [0.15, 0.2) is 11.5 Å². The summed E-state index contributed by atoms with van der Waals surface area (Å²) in [7, 11) is 3.30. The number of rotatable bonds is 6. The lowest BCUT2D eigenvalue weighted by Crippen LogP contribution is -2.69. The van der Waals surface area contributed by atoms with Gasteiger partial charge >= 0.3 is 0 Å². The molecule has 0 aromatic heterocycles. The van der Waals surface area contributed by atoms with Crippen molar-refractivity contribution in [3.63, 3.8) is 0 Å². The van der Waals surface area contributed by atoms with Crippen LogP contribution < -0.4 is 14.8 Å². The first-order valence-corrected chi connectivity index (χ1v) is 10.0. The highest BCUT2D eigenvalue weighted by molar-refractivity contribution is 5.91. The molecule has 6 heteroatoms. The molecule has 1 amide bonds. The van der Waals surface area contributed by atoms with E-state index in [4.69, 9.17) is 9.47 Å². The van der Waals surface area contributed by atoms with Crippen LogP contribution in [0.3, 0.4) is 0 Å². The Morgan fingerprint density at radius 3 is 2.52 bits per heavy atom. The number of fused-ring (bicyclic) bond motifs is 1. The van der Waals surface area contributed by atoms with Crippen LogP contribution in [0.1, 0.15) is 17.5 Å². The molecule has 2 aromatic carbocycles. The minimum Gasteiger partial charge on any atom is -0.493 e. The first-order chi connectivity index (χ1) is 14.2. The van der Waals surface area contributed by atoms with E-state index in [1.165, 1.54) is 16.8 Å². The van der Waals surface area contributed by atoms with E-state index in [0.29, 0.717) is 6.42 Å². The molecule has 0 unspecified atom stereocenters. The summed E-state index contributed by atoms with van der Waals surface area (Å²) in [6.45, 7) is 4.13. The van der Waals surface area contributed by atoms with Crippen LogP contribution in [0.4, 0.5) is 5.69 Å². The summed E-state index contributed by atoms with van der Waals surface area (Å²) in [6, 6.07) is 14.3. The van der Waals surface area contributed by atoms with Crippen LogP contribution in [0, 0.1) is 0 Å². The zero-order chi connectivity index (χ0) is 20.2. The molecule has 152 valence electrons. The molecule has 0 spiro atoms. The zero-order valence-corrected chi connectivity index (χ0v) is 17.1. The minimum absolute atomic E-state index is 0.215. The Morgan fingerprint density at radius 1 is 1.00 bits per heavy atom. The van der Waals surface area contributed by atoms with E-state index >= 15 is 0 Å². The highest BCUT2D eigenvalue weighted by Crippen LogP contribution is 2.29. The number of quaternary nitrogens is 1. The molecule has 29 heavy (non-hydrogen) atoms. The van der Waals surface area contributed by atoms with E-state index in [2.05, 4.69) is 34.6 Å². The fraction of sp³-hybridized carbons (Fsp3) is 0.348. The van der Waals surface area contributed by atoms with Crippen LogP contribution in [0.5, 0.6) is 11.5 Å². The smallest absolute Gasteiger partial charge is 0.227 e. The Balaban J connectivity index is 1.30. The van der Waals surface area contributed by atoms with Gasteiger partial charge in [-0.25, -0.2) is 0 Å². The highest BCUT2D eigenvalue weighted by Gasteiger charge is 2.25. The summed E-state index contributed by atoms with van der Waals surface area (Å²) in [6.07, 6.45) is 2.55. The molecule has 1 saturated heterocycles. The van der Waals surface area contributed by atoms with Crippen LogP contribution in [0.2, 0.25) is 0 Å². The molecule has 2 aromatic rings. The largest absolute Gasteiger partial charge is 0.493 e. The average molecular weight is 394 g/mol. The number of nitrogens with two attached hydrogens (primary N) is 1. The molecule has 0 atom stereocenters. The van der Waals surface area contributed by atoms with E-state index in [-0.39, 0.29) is 5.91 Å². The summed E-state index contributed by atoms with van der Waals surface area (Å²) in [4.78, 5) is 17.2. The van der Waals surface area contributed by atoms with Crippen molar-refractivity contribution in [3.05, 3.63) is 59.8 Å². The van der Waals surface area contributed by atoms with Gasteiger partial charge in [-0.2, -0.15) is 0 Å². The number of methoxy groups -OCH3 is 2. The number of hydrogen-bond acceptors (Lipinski definition) is 4. The topological polar surface area (TPSA) is 58.6 Å². The molecular weight excluding hydrogens is 366 g/mol. The fourth-order valence-electron chi connectivity index (χ4n) is 4.04. The Kier molecular flexibility index (Phi) is 5.83. The molecular formula is C23H28N3O3+. The Labute approximate surface area is 171 Å².